The lowest BCUT2D eigenvalue weighted by Crippen LogP contribution is -2.26. The lowest BCUT2D eigenvalue weighted by molar-refractivity contribution is 0.0784. The van der Waals surface area contributed by atoms with Crippen molar-refractivity contribution in [3.8, 4) is 22.7 Å². The summed E-state index contributed by atoms with van der Waals surface area (Å²) in [6, 6.07) is 23.4. The number of ether oxygens (including phenoxy) is 1. The van der Waals surface area contributed by atoms with Crippen molar-refractivity contribution < 1.29 is 13.9 Å². The van der Waals surface area contributed by atoms with Crippen molar-refractivity contribution in [1.29, 1.82) is 0 Å². The Bertz CT molecular complexity index is 1200. The van der Waals surface area contributed by atoms with E-state index >= 15 is 0 Å². The zero-order valence-corrected chi connectivity index (χ0v) is 17.3. The Morgan fingerprint density at radius 1 is 1.00 bits per heavy atom. The molecule has 0 unspecified atom stereocenters. The van der Waals surface area contributed by atoms with Crippen LogP contribution in [0, 0.1) is 5.82 Å². The van der Waals surface area contributed by atoms with Gasteiger partial charge in [-0.25, -0.2) is 9.07 Å². The SMILES string of the molecule is COc1ccccc1-c1nn(-c2ccccc2)cc1C(=O)N(C)Cc1ccccc1F. The second-order valence-electron chi connectivity index (χ2n) is 7.12. The highest BCUT2D eigenvalue weighted by Gasteiger charge is 2.24. The molecule has 0 fully saturated rings. The van der Waals surface area contributed by atoms with Gasteiger partial charge in [0.1, 0.15) is 17.3 Å². The number of nitrogens with zero attached hydrogens (tertiary/aromatic N) is 3. The molecule has 1 aromatic heterocycles. The summed E-state index contributed by atoms with van der Waals surface area (Å²) in [4.78, 5) is 14.9. The Hall–Kier alpha value is -3.93. The predicted octanol–water partition coefficient (Wildman–Crippen LogP) is 4.96. The minimum absolute atomic E-state index is 0.146. The molecular formula is C25H22FN3O2. The fraction of sp³-hybridized carbons (Fsp3) is 0.120. The Balaban J connectivity index is 1.77. The average Bonchev–Trinajstić information content (AvgIpc) is 3.26. The minimum Gasteiger partial charge on any atom is -0.496 e. The maximum Gasteiger partial charge on any atom is 0.257 e. The molecule has 0 saturated carbocycles. The number of aromatic nitrogens is 2. The van der Waals surface area contributed by atoms with E-state index < -0.39 is 0 Å². The van der Waals surface area contributed by atoms with Gasteiger partial charge in [-0.05, 0) is 30.3 Å². The van der Waals surface area contributed by atoms with Crippen molar-refractivity contribution in [2.24, 2.45) is 0 Å². The average molecular weight is 415 g/mol. The summed E-state index contributed by atoms with van der Waals surface area (Å²) in [5.74, 6) is 0.0186. The van der Waals surface area contributed by atoms with Crippen molar-refractivity contribution in [3.63, 3.8) is 0 Å². The fourth-order valence-electron chi connectivity index (χ4n) is 3.44. The van der Waals surface area contributed by atoms with E-state index in [0.717, 1.165) is 5.69 Å². The standard InChI is InChI=1S/C25H22FN3O2/c1-28(16-18-10-6-8-14-22(18)26)25(30)21-17-29(19-11-4-3-5-12-19)27-24(21)20-13-7-9-15-23(20)31-2/h3-15,17H,16H2,1-2H3. The highest BCUT2D eigenvalue weighted by molar-refractivity contribution is 6.00. The van der Waals surface area contributed by atoms with E-state index in [9.17, 15) is 9.18 Å². The molecule has 1 heterocycles. The number of amides is 1. The summed E-state index contributed by atoms with van der Waals surface area (Å²) >= 11 is 0. The van der Waals surface area contributed by atoms with Crippen molar-refractivity contribution in [3.05, 3.63) is 102 Å². The van der Waals surface area contributed by atoms with Crippen LogP contribution in [0.2, 0.25) is 0 Å². The van der Waals surface area contributed by atoms with Crippen LogP contribution in [-0.2, 0) is 6.54 Å². The van der Waals surface area contributed by atoms with Gasteiger partial charge in [0, 0.05) is 30.9 Å². The quantitative estimate of drug-likeness (QED) is 0.447. The molecule has 31 heavy (non-hydrogen) atoms. The van der Waals surface area contributed by atoms with Crippen molar-refractivity contribution in [2.75, 3.05) is 14.2 Å². The summed E-state index contributed by atoms with van der Waals surface area (Å²) in [6.45, 7) is 0.146. The molecule has 4 rings (SSSR count). The molecule has 0 aliphatic rings. The molecule has 6 heteroatoms. The zero-order valence-electron chi connectivity index (χ0n) is 17.3. The first-order valence-electron chi connectivity index (χ1n) is 9.86. The minimum atomic E-state index is -0.341. The number of carbonyl (C=O) groups is 1. The van der Waals surface area contributed by atoms with E-state index in [0.29, 0.717) is 28.1 Å². The summed E-state index contributed by atoms with van der Waals surface area (Å²) in [7, 11) is 3.24. The van der Waals surface area contributed by atoms with Crippen LogP contribution in [0.25, 0.3) is 16.9 Å². The largest absolute Gasteiger partial charge is 0.496 e. The summed E-state index contributed by atoms with van der Waals surface area (Å²) < 4.78 is 21.3. The molecule has 0 atom stereocenters. The van der Waals surface area contributed by atoms with Gasteiger partial charge in [-0.2, -0.15) is 5.10 Å². The van der Waals surface area contributed by atoms with Crippen LogP contribution >= 0.6 is 0 Å². The zero-order chi connectivity index (χ0) is 21.8. The number of halogens is 1. The molecule has 0 aliphatic heterocycles. The number of hydrogen-bond donors (Lipinski definition) is 0. The molecule has 0 radical (unpaired) electrons. The first-order valence-corrected chi connectivity index (χ1v) is 9.86. The highest BCUT2D eigenvalue weighted by atomic mass is 19.1. The molecule has 0 aliphatic carbocycles. The van der Waals surface area contributed by atoms with Crippen molar-refractivity contribution in [2.45, 2.75) is 6.54 Å². The number of carbonyl (C=O) groups excluding carboxylic acids is 1. The second kappa shape index (κ2) is 8.83. The predicted molar refractivity (Wildman–Crippen MR) is 118 cm³/mol. The van der Waals surface area contributed by atoms with Crippen LogP contribution in [0.5, 0.6) is 5.75 Å². The number of hydrogen-bond acceptors (Lipinski definition) is 3. The number of methoxy groups -OCH3 is 1. The Labute approximate surface area is 180 Å². The van der Waals surface area contributed by atoms with Crippen LogP contribution in [0.1, 0.15) is 15.9 Å². The molecule has 156 valence electrons. The Morgan fingerprint density at radius 2 is 1.68 bits per heavy atom. The summed E-state index contributed by atoms with van der Waals surface area (Å²) in [5, 5.41) is 4.70. The van der Waals surface area contributed by atoms with Gasteiger partial charge in [-0.3, -0.25) is 4.79 Å². The summed E-state index contributed by atoms with van der Waals surface area (Å²) in [5.41, 5.74) is 2.91. The van der Waals surface area contributed by atoms with E-state index in [2.05, 4.69) is 0 Å². The van der Waals surface area contributed by atoms with Crippen LogP contribution in [0.4, 0.5) is 4.39 Å². The third-order valence-electron chi connectivity index (χ3n) is 5.04. The first-order chi connectivity index (χ1) is 15.1. The normalized spacial score (nSPS) is 10.7. The lowest BCUT2D eigenvalue weighted by atomic mass is 10.1. The van der Waals surface area contributed by atoms with E-state index in [-0.39, 0.29) is 18.3 Å². The highest BCUT2D eigenvalue weighted by Crippen LogP contribution is 2.32. The molecule has 4 aromatic rings. The first kappa shape index (κ1) is 20.3. The van der Waals surface area contributed by atoms with E-state index in [1.807, 2.05) is 54.6 Å². The van der Waals surface area contributed by atoms with Gasteiger partial charge in [0.05, 0.1) is 18.4 Å². The fourth-order valence-corrected chi connectivity index (χ4v) is 3.44. The number of para-hydroxylation sites is 2. The van der Waals surface area contributed by atoms with Crippen LogP contribution < -0.4 is 4.74 Å². The van der Waals surface area contributed by atoms with Crippen LogP contribution in [0.15, 0.2) is 85.1 Å². The monoisotopic (exact) mass is 415 g/mol. The van der Waals surface area contributed by atoms with Gasteiger partial charge in [-0.1, -0.05) is 48.5 Å². The molecular weight excluding hydrogens is 393 g/mol. The van der Waals surface area contributed by atoms with Crippen molar-refractivity contribution in [1.82, 2.24) is 14.7 Å². The van der Waals surface area contributed by atoms with Gasteiger partial charge >= 0.3 is 0 Å². The molecule has 1 amide bonds. The molecule has 0 spiro atoms. The van der Waals surface area contributed by atoms with Gasteiger partial charge in [0.25, 0.3) is 5.91 Å². The smallest absolute Gasteiger partial charge is 0.257 e. The van der Waals surface area contributed by atoms with Gasteiger partial charge < -0.3 is 9.64 Å². The molecule has 0 bridgehead atoms. The third-order valence-corrected chi connectivity index (χ3v) is 5.04. The third kappa shape index (κ3) is 4.19. The maximum absolute atomic E-state index is 14.1. The Kier molecular flexibility index (Phi) is 5.80. The lowest BCUT2D eigenvalue weighted by Gasteiger charge is -2.18. The second-order valence-corrected chi connectivity index (χ2v) is 7.12. The molecule has 3 aromatic carbocycles. The van der Waals surface area contributed by atoms with Crippen molar-refractivity contribution >= 4 is 5.91 Å². The Morgan fingerprint density at radius 3 is 2.42 bits per heavy atom. The molecule has 5 nitrogen and oxygen atoms in total. The molecule has 0 N–H and O–H groups in total. The molecule has 0 saturated heterocycles. The van der Waals surface area contributed by atoms with E-state index in [4.69, 9.17) is 9.84 Å². The number of benzene rings is 3. The van der Waals surface area contributed by atoms with E-state index in [1.165, 1.54) is 11.0 Å². The summed E-state index contributed by atoms with van der Waals surface area (Å²) in [6.07, 6.45) is 1.71. The van der Waals surface area contributed by atoms with Gasteiger partial charge in [0.15, 0.2) is 0 Å². The van der Waals surface area contributed by atoms with Gasteiger partial charge in [0.2, 0.25) is 0 Å². The number of rotatable bonds is 6. The van der Waals surface area contributed by atoms with E-state index in [1.54, 1.807) is 43.2 Å². The van der Waals surface area contributed by atoms with Gasteiger partial charge in [-0.15, -0.1) is 0 Å². The maximum atomic E-state index is 14.1. The van der Waals surface area contributed by atoms with Crippen LogP contribution in [-0.4, -0.2) is 34.7 Å². The van der Waals surface area contributed by atoms with Crippen LogP contribution in [0.3, 0.4) is 0 Å². The topological polar surface area (TPSA) is 47.4 Å².